The molecule has 1 fully saturated rings. The van der Waals surface area contributed by atoms with Gasteiger partial charge in [0, 0.05) is 19.6 Å². The second kappa shape index (κ2) is 7.28. The quantitative estimate of drug-likeness (QED) is 0.723. The summed E-state index contributed by atoms with van der Waals surface area (Å²) < 4.78 is 0. The number of carbonyl (C=O) groups excluding carboxylic acids is 1. The van der Waals surface area contributed by atoms with Crippen molar-refractivity contribution in [3.05, 3.63) is 0 Å². The number of hydrogen-bond acceptors (Lipinski definition) is 2. The fraction of sp³-hybridized carbons (Fsp3) is 0.917. The maximum Gasteiger partial charge on any atom is 0.233 e. The molecule has 1 aliphatic rings. The van der Waals surface area contributed by atoms with Gasteiger partial charge in [0.1, 0.15) is 0 Å². The average Bonchev–Trinajstić information content (AvgIpc) is 2.35. The first-order valence-electron chi connectivity index (χ1n) is 6.27. The van der Waals surface area contributed by atoms with Gasteiger partial charge in [-0.3, -0.25) is 4.79 Å². The van der Waals surface area contributed by atoms with E-state index in [0.29, 0.717) is 5.33 Å². The van der Waals surface area contributed by atoms with Crippen molar-refractivity contribution in [1.82, 2.24) is 9.80 Å². The highest BCUT2D eigenvalue weighted by molar-refractivity contribution is 9.09. The van der Waals surface area contributed by atoms with Crippen LogP contribution in [0.2, 0.25) is 0 Å². The third-order valence-electron chi connectivity index (χ3n) is 3.49. The van der Waals surface area contributed by atoms with Crippen molar-refractivity contribution in [3.8, 4) is 0 Å². The van der Waals surface area contributed by atoms with E-state index in [1.807, 2.05) is 4.90 Å². The summed E-state index contributed by atoms with van der Waals surface area (Å²) in [5.74, 6) is 1.01. The van der Waals surface area contributed by atoms with Crippen LogP contribution in [0.3, 0.4) is 0 Å². The normalized spacial score (nSPS) is 18.1. The van der Waals surface area contributed by atoms with Crippen molar-refractivity contribution in [3.63, 3.8) is 0 Å². The number of likely N-dealkylation sites (tertiary alicyclic amines) is 1. The van der Waals surface area contributed by atoms with E-state index in [2.05, 4.69) is 34.7 Å². The van der Waals surface area contributed by atoms with Crippen LogP contribution in [0.15, 0.2) is 0 Å². The van der Waals surface area contributed by atoms with Crippen LogP contribution in [0.1, 0.15) is 26.7 Å². The summed E-state index contributed by atoms with van der Waals surface area (Å²) in [7, 11) is 0. The molecule has 4 heteroatoms. The topological polar surface area (TPSA) is 23.6 Å². The van der Waals surface area contributed by atoms with Gasteiger partial charge in [-0.05, 0) is 31.8 Å². The van der Waals surface area contributed by atoms with Gasteiger partial charge in [-0.2, -0.15) is 0 Å². The molecular weight excluding hydrogens is 268 g/mol. The van der Waals surface area contributed by atoms with E-state index in [1.54, 1.807) is 0 Å². The first-order valence-corrected chi connectivity index (χ1v) is 7.39. The number of amides is 1. The van der Waals surface area contributed by atoms with Gasteiger partial charge in [-0.1, -0.05) is 29.8 Å². The molecule has 0 bridgehead atoms. The Morgan fingerprint density at radius 2 is 1.88 bits per heavy atom. The number of alkyl halides is 1. The fourth-order valence-electron chi connectivity index (χ4n) is 2.30. The molecule has 0 aromatic rings. The first-order chi connectivity index (χ1) is 7.71. The Morgan fingerprint density at radius 3 is 2.31 bits per heavy atom. The van der Waals surface area contributed by atoms with Crippen LogP contribution in [0.4, 0.5) is 0 Å². The molecule has 0 aromatic carbocycles. The van der Waals surface area contributed by atoms with E-state index in [4.69, 9.17) is 0 Å². The fourth-order valence-corrected chi connectivity index (χ4v) is 2.65. The van der Waals surface area contributed by atoms with E-state index in [-0.39, 0.29) is 5.91 Å². The zero-order chi connectivity index (χ0) is 12.0. The van der Waals surface area contributed by atoms with Gasteiger partial charge in [0.2, 0.25) is 5.91 Å². The molecule has 1 amide bonds. The van der Waals surface area contributed by atoms with Crippen LogP contribution in [-0.2, 0) is 4.79 Å². The molecule has 0 atom stereocenters. The largest absolute Gasteiger partial charge is 0.342 e. The molecule has 1 aliphatic heterocycles. The maximum absolute atomic E-state index is 11.5. The molecule has 1 saturated heterocycles. The molecule has 0 aliphatic carbocycles. The molecule has 1 heterocycles. The minimum absolute atomic E-state index is 0.237. The van der Waals surface area contributed by atoms with E-state index in [0.717, 1.165) is 44.9 Å². The highest BCUT2D eigenvalue weighted by Crippen LogP contribution is 2.18. The summed E-state index contributed by atoms with van der Waals surface area (Å²) in [6.45, 7) is 9.78. The molecule has 0 aromatic heterocycles. The van der Waals surface area contributed by atoms with Crippen LogP contribution < -0.4 is 0 Å². The Labute approximate surface area is 107 Å². The molecule has 94 valence electrons. The number of carbonyl (C=O) groups is 1. The van der Waals surface area contributed by atoms with Gasteiger partial charge in [-0.15, -0.1) is 0 Å². The molecule has 0 spiro atoms. The Balaban J connectivity index is 2.29. The van der Waals surface area contributed by atoms with Crippen molar-refractivity contribution in [2.24, 2.45) is 5.92 Å². The third kappa shape index (κ3) is 4.06. The third-order valence-corrected chi connectivity index (χ3v) is 3.97. The van der Waals surface area contributed by atoms with Gasteiger partial charge >= 0.3 is 0 Å². The first kappa shape index (κ1) is 14.0. The SMILES string of the molecule is CCN(CC)CC1CCN(C(=O)CBr)CC1. The Bertz CT molecular complexity index is 211. The summed E-state index contributed by atoms with van der Waals surface area (Å²) in [6.07, 6.45) is 2.32. The van der Waals surface area contributed by atoms with Crippen molar-refractivity contribution in [1.29, 1.82) is 0 Å². The molecule has 0 radical (unpaired) electrons. The van der Waals surface area contributed by atoms with Crippen LogP contribution in [-0.4, -0.2) is 53.8 Å². The highest BCUT2D eigenvalue weighted by Gasteiger charge is 2.22. The second-order valence-corrected chi connectivity index (χ2v) is 5.00. The minimum atomic E-state index is 0.237. The van der Waals surface area contributed by atoms with Crippen molar-refractivity contribution in [2.75, 3.05) is 38.1 Å². The number of piperidine rings is 1. The smallest absolute Gasteiger partial charge is 0.233 e. The summed E-state index contributed by atoms with van der Waals surface area (Å²) >= 11 is 3.23. The van der Waals surface area contributed by atoms with Crippen molar-refractivity contribution in [2.45, 2.75) is 26.7 Å². The second-order valence-electron chi connectivity index (χ2n) is 4.44. The Morgan fingerprint density at radius 1 is 1.31 bits per heavy atom. The van der Waals surface area contributed by atoms with Crippen LogP contribution in [0.5, 0.6) is 0 Å². The summed E-state index contributed by atoms with van der Waals surface area (Å²) in [6, 6.07) is 0. The lowest BCUT2D eigenvalue weighted by Crippen LogP contribution is -2.42. The number of halogens is 1. The van der Waals surface area contributed by atoms with E-state index >= 15 is 0 Å². The molecule has 0 saturated carbocycles. The van der Waals surface area contributed by atoms with Crippen LogP contribution in [0, 0.1) is 5.92 Å². The molecule has 0 N–H and O–H groups in total. The van der Waals surface area contributed by atoms with Crippen molar-refractivity contribution >= 4 is 21.8 Å². The maximum atomic E-state index is 11.5. The van der Waals surface area contributed by atoms with E-state index < -0.39 is 0 Å². The average molecular weight is 291 g/mol. The molecule has 3 nitrogen and oxygen atoms in total. The lowest BCUT2D eigenvalue weighted by molar-refractivity contribution is -0.129. The number of rotatable bonds is 5. The highest BCUT2D eigenvalue weighted by atomic mass is 79.9. The van der Waals surface area contributed by atoms with Gasteiger partial charge in [0.25, 0.3) is 0 Å². The van der Waals surface area contributed by atoms with Crippen LogP contribution in [0.25, 0.3) is 0 Å². The summed E-state index contributed by atoms with van der Waals surface area (Å²) in [5, 5.41) is 0.466. The predicted molar refractivity (Wildman–Crippen MR) is 70.9 cm³/mol. The lowest BCUT2D eigenvalue weighted by atomic mass is 9.96. The summed E-state index contributed by atoms with van der Waals surface area (Å²) in [5.41, 5.74) is 0. The molecular formula is C12H23BrN2O. The number of hydrogen-bond donors (Lipinski definition) is 0. The van der Waals surface area contributed by atoms with Gasteiger partial charge < -0.3 is 9.80 Å². The minimum Gasteiger partial charge on any atom is -0.342 e. The monoisotopic (exact) mass is 290 g/mol. The zero-order valence-electron chi connectivity index (χ0n) is 10.4. The van der Waals surface area contributed by atoms with E-state index in [9.17, 15) is 4.79 Å². The van der Waals surface area contributed by atoms with Gasteiger partial charge in [0.15, 0.2) is 0 Å². The van der Waals surface area contributed by atoms with E-state index in [1.165, 1.54) is 6.54 Å². The van der Waals surface area contributed by atoms with Gasteiger partial charge in [0.05, 0.1) is 5.33 Å². The zero-order valence-corrected chi connectivity index (χ0v) is 12.0. The van der Waals surface area contributed by atoms with Crippen molar-refractivity contribution < 1.29 is 4.79 Å². The Kier molecular flexibility index (Phi) is 6.36. The van der Waals surface area contributed by atoms with Gasteiger partial charge in [-0.25, -0.2) is 0 Å². The molecule has 16 heavy (non-hydrogen) atoms. The Hall–Kier alpha value is -0.0900. The van der Waals surface area contributed by atoms with Crippen LogP contribution >= 0.6 is 15.9 Å². The predicted octanol–water partition coefficient (Wildman–Crippen LogP) is 1.96. The molecule has 1 rings (SSSR count). The standard InChI is InChI=1S/C12H23BrN2O/c1-3-14(4-2)10-11-5-7-15(8-6-11)12(16)9-13/h11H,3-10H2,1-2H3. The number of nitrogens with zero attached hydrogens (tertiary/aromatic N) is 2. The molecule has 0 unspecified atom stereocenters. The summed E-state index contributed by atoms with van der Waals surface area (Å²) in [4.78, 5) is 15.9. The lowest BCUT2D eigenvalue weighted by Gasteiger charge is -2.34.